The summed E-state index contributed by atoms with van der Waals surface area (Å²) in [6.07, 6.45) is 0. The van der Waals surface area contributed by atoms with Crippen LogP contribution in [0.25, 0.3) is 0 Å². The Hall–Kier alpha value is 0.797. The van der Waals surface area contributed by atoms with Crippen molar-refractivity contribution in [1.29, 1.82) is 0 Å². The average Bonchev–Trinajstić information content (AvgIpc) is 1.97. The van der Waals surface area contributed by atoms with E-state index in [9.17, 15) is 8.76 Å². The van der Waals surface area contributed by atoms with Crippen molar-refractivity contribution in [3.05, 3.63) is 27.2 Å². The summed E-state index contributed by atoms with van der Waals surface area (Å²) in [5.41, 5.74) is 0. The summed E-state index contributed by atoms with van der Waals surface area (Å²) in [5, 5.41) is 0.190. The smallest absolute Gasteiger partial charge is 0.768 e. The van der Waals surface area contributed by atoms with E-state index >= 15 is 0 Å². The van der Waals surface area contributed by atoms with E-state index in [1.54, 1.807) is 0 Å². The molecule has 0 heterocycles. The minimum atomic E-state index is -2.46. The molecule has 0 fully saturated rings. The minimum Gasteiger partial charge on any atom is -0.768 e. The Kier molecular flexibility index (Phi) is 5.97. The third-order valence-electron chi connectivity index (χ3n) is 1.17. The first-order valence-electron chi connectivity index (χ1n) is 2.77. The van der Waals surface area contributed by atoms with E-state index in [0.717, 1.165) is 0 Å². The van der Waals surface area contributed by atoms with Crippen LogP contribution in [0.2, 0.25) is 15.1 Å². The monoisotopic (exact) mass is 250 g/mol. The van der Waals surface area contributed by atoms with E-state index in [2.05, 4.69) is 0 Å². The van der Waals surface area contributed by atoms with Crippen molar-refractivity contribution in [1.82, 2.24) is 0 Å². The molecule has 66 valence electrons. The van der Waals surface area contributed by atoms with Crippen molar-refractivity contribution in [3.63, 3.8) is 0 Å². The molecule has 1 unspecified atom stereocenters. The molecule has 0 saturated heterocycles. The van der Waals surface area contributed by atoms with Crippen molar-refractivity contribution in [3.8, 4) is 0 Å². The first kappa shape index (κ1) is 13.8. The normalized spacial score (nSPS) is 12.0. The van der Waals surface area contributed by atoms with Crippen LogP contribution in [0.4, 0.5) is 0 Å². The Morgan fingerprint density at radius 2 is 1.62 bits per heavy atom. The average molecular weight is 251 g/mol. The molecule has 0 aromatic heterocycles. The van der Waals surface area contributed by atoms with Gasteiger partial charge in [0.1, 0.15) is 0 Å². The van der Waals surface area contributed by atoms with Crippen LogP contribution < -0.4 is 18.9 Å². The van der Waals surface area contributed by atoms with Crippen molar-refractivity contribution in [2.75, 3.05) is 0 Å². The maximum atomic E-state index is 10.6. The molecule has 0 aliphatic carbocycles. The van der Waals surface area contributed by atoms with Crippen LogP contribution in [-0.4, -0.2) is 8.76 Å². The second-order valence-electron chi connectivity index (χ2n) is 1.91. The molecular formula is C6H2Cl3LiO2S. The predicted molar refractivity (Wildman–Crippen MR) is 48.7 cm³/mol. The maximum absolute atomic E-state index is 10.6. The van der Waals surface area contributed by atoms with Crippen molar-refractivity contribution >= 4 is 45.9 Å². The minimum absolute atomic E-state index is 0. The van der Waals surface area contributed by atoms with E-state index < -0.39 is 11.1 Å². The molecule has 13 heavy (non-hydrogen) atoms. The number of rotatable bonds is 1. The van der Waals surface area contributed by atoms with E-state index in [1.165, 1.54) is 12.1 Å². The fraction of sp³-hybridized carbons (Fsp3) is 0. The zero-order valence-electron chi connectivity index (χ0n) is 6.51. The number of hydrogen-bond acceptors (Lipinski definition) is 2. The van der Waals surface area contributed by atoms with Crippen LogP contribution in [0.1, 0.15) is 0 Å². The number of hydrogen-bond donors (Lipinski definition) is 0. The molecule has 1 atom stereocenters. The number of benzene rings is 1. The fourth-order valence-electron chi connectivity index (χ4n) is 0.661. The van der Waals surface area contributed by atoms with Crippen molar-refractivity contribution in [2.24, 2.45) is 0 Å². The van der Waals surface area contributed by atoms with Gasteiger partial charge < -0.3 is 4.55 Å². The first-order chi connectivity index (χ1) is 5.54. The van der Waals surface area contributed by atoms with Gasteiger partial charge in [-0.3, -0.25) is 4.21 Å². The molecule has 7 heteroatoms. The van der Waals surface area contributed by atoms with Gasteiger partial charge in [-0.1, -0.05) is 34.8 Å². The summed E-state index contributed by atoms with van der Waals surface area (Å²) < 4.78 is 21.1. The van der Waals surface area contributed by atoms with E-state index in [4.69, 9.17) is 34.8 Å². The maximum Gasteiger partial charge on any atom is 1.00 e. The van der Waals surface area contributed by atoms with Crippen LogP contribution >= 0.6 is 34.8 Å². The summed E-state index contributed by atoms with van der Waals surface area (Å²) in [7, 11) is 0. The Bertz CT molecular complexity index is 345. The van der Waals surface area contributed by atoms with Crippen molar-refractivity contribution in [2.45, 2.75) is 4.90 Å². The third-order valence-corrected chi connectivity index (χ3v) is 3.27. The molecule has 1 aromatic carbocycles. The topological polar surface area (TPSA) is 40.1 Å². The molecule has 0 spiro atoms. The predicted octanol–water partition coefficient (Wildman–Crippen LogP) is -0.111. The summed E-state index contributed by atoms with van der Waals surface area (Å²) >= 11 is 14.2. The molecule has 0 aliphatic rings. The summed E-state index contributed by atoms with van der Waals surface area (Å²) in [5.74, 6) is 0. The van der Waals surface area contributed by atoms with Gasteiger partial charge in [-0.25, -0.2) is 0 Å². The third kappa shape index (κ3) is 3.14. The van der Waals surface area contributed by atoms with Crippen LogP contribution in [0.5, 0.6) is 0 Å². The molecule has 0 N–H and O–H groups in total. The van der Waals surface area contributed by atoms with Crippen LogP contribution in [0.15, 0.2) is 17.0 Å². The quantitative estimate of drug-likeness (QED) is 0.397. The van der Waals surface area contributed by atoms with Gasteiger partial charge in [-0.05, 0) is 23.2 Å². The SMILES string of the molecule is O=S([O-])c1c(Cl)ccc(Cl)c1Cl.[Li+]. The molecule has 0 saturated carbocycles. The molecule has 1 aromatic rings. The Morgan fingerprint density at radius 3 is 2.00 bits per heavy atom. The Morgan fingerprint density at radius 1 is 1.15 bits per heavy atom. The van der Waals surface area contributed by atoms with Gasteiger partial charge in [0.2, 0.25) is 0 Å². The van der Waals surface area contributed by atoms with Gasteiger partial charge in [0.15, 0.2) is 0 Å². The molecule has 2 nitrogen and oxygen atoms in total. The van der Waals surface area contributed by atoms with Crippen LogP contribution in [-0.2, 0) is 11.1 Å². The van der Waals surface area contributed by atoms with Gasteiger partial charge in [0, 0.05) is 0 Å². The van der Waals surface area contributed by atoms with Crippen LogP contribution in [0.3, 0.4) is 0 Å². The summed E-state index contributed by atoms with van der Waals surface area (Å²) in [6.45, 7) is 0. The molecule has 0 bridgehead atoms. The molecule has 0 radical (unpaired) electrons. The zero-order valence-corrected chi connectivity index (χ0v) is 9.60. The van der Waals surface area contributed by atoms with E-state index in [1.807, 2.05) is 0 Å². The standard InChI is InChI=1S/C6H3Cl3O2S.Li/c7-3-1-2-4(8)6(5(3)9)12(10)11;/h1-2H,(H,10,11);/q;+1/p-1. The van der Waals surface area contributed by atoms with Gasteiger partial charge in [0.25, 0.3) is 0 Å². The van der Waals surface area contributed by atoms with Gasteiger partial charge >= 0.3 is 18.9 Å². The van der Waals surface area contributed by atoms with Gasteiger partial charge in [-0.2, -0.15) is 0 Å². The second-order valence-corrected chi connectivity index (χ2v) is 3.98. The molecule has 1 rings (SSSR count). The van der Waals surface area contributed by atoms with Crippen molar-refractivity contribution < 1.29 is 27.6 Å². The van der Waals surface area contributed by atoms with Crippen LogP contribution in [0, 0.1) is 0 Å². The zero-order chi connectivity index (χ0) is 9.30. The molecular weight excluding hydrogens is 249 g/mol. The molecule has 0 amide bonds. The van der Waals surface area contributed by atoms with Gasteiger partial charge in [0.05, 0.1) is 20.0 Å². The van der Waals surface area contributed by atoms with E-state index in [0.29, 0.717) is 0 Å². The van der Waals surface area contributed by atoms with Gasteiger partial charge in [-0.15, -0.1) is 0 Å². The molecule has 0 aliphatic heterocycles. The summed E-state index contributed by atoms with van der Waals surface area (Å²) in [4.78, 5) is -0.161. The fourth-order valence-corrected chi connectivity index (χ4v) is 2.11. The Balaban J connectivity index is 0.00000144. The second kappa shape index (κ2) is 5.62. The van der Waals surface area contributed by atoms with E-state index in [-0.39, 0.29) is 38.8 Å². The Labute approximate surface area is 105 Å². The number of halogens is 3. The largest absolute Gasteiger partial charge is 1.00 e. The first-order valence-corrected chi connectivity index (χ1v) is 4.97. The summed E-state index contributed by atoms with van der Waals surface area (Å²) in [6, 6.07) is 2.81.